The minimum Gasteiger partial charge on any atom is -0.549 e. The number of hydrogen-bond donors (Lipinski definition) is 0. The van der Waals surface area contributed by atoms with Gasteiger partial charge in [-0.15, -0.1) is 0 Å². The maximum atomic E-state index is 5.87. The van der Waals surface area contributed by atoms with Crippen LogP contribution in [0.4, 0.5) is 0 Å². The molecular formula is C12H20OSi. The summed E-state index contributed by atoms with van der Waals surface area (Å²) in [6.07, 6.45) is 0. The van der Waals surface area contributed by atoms with Crippen molar-refractivity contribution in [3.05, 3.63) is 30.3 Å². The van der Waals surface area contributed by atoms with Crippen molar-refractivity contribution in [3.8, 4) is 5.75 Å². The zero-order chi connectivity index (χ0) is 10.6. The van der Waals surface area contributed by atoms with Gasteiger partial charge in [-0.1, -0.05) is 45.9 Å². The topological polar surface area (TPSA) is 9.23 Å². The first-order chi connectivity index (χ1) is 6.52. The van der Waals surface area contributed by atoms with Crippen LogP contribution in [0.25, 0.3) is 0 Å². The van der Waals surface area contributed by atoms with E-state index in [2.05, 4.69) is 27.7 Å². The number of rotatable bonds is 4. The Morgan fingerprint density at radius 2 is 1.71 bits per heavy atom. The van der Waals surface area contributed by atoms with Gasteiger partial charge >= 0.3 is 0 Å². The van der Waals surface area contributed by atoms with Crippen LogP contribution in [-0.4, -0.2) is 9.76 Å². The van der Waals surface area contributed by atoms with Gasteiger partial charge in [-0.25, -0.2) is 0 Å². The highest BCUT2D eigenvalue weighted by Crippen LogP contribution is 2.32. The summed E-state index contributed by atoms with van der Waals surface area (Å²) in [6, 6.07) is 10.1. The third-order valence-electron chi connectivity index (χ3n) is 2.92. The Kier molecular flexibility index (Phi) is 3.75. The summed E-state index contributed by atoms with van der Waals surface area (Å²) in [6.45, 7) is 9.13. The average molecular weight is 208 g/mol. The lowest BCUT2D eigenvalue weighted by Crippen LogP contribution is -2.24. The number of benzene rings is 1. The van der Waals surface area contributed by atoms with Gasteiger partial charge < -0.3 is 4.43 Å². The molecule has 0 saturated carbocycles. The Hall–Kier alpha value is -0.763. The van der Waals surface area contributed by atoms with Gasteiger partial charge in [0.2, 0.25) is 9.76 Å². The minimum atomic E-state index is -0.507. The van der Waals surface area contributed by atoms with Gasteiger partial charge in [0.25, 0.3) is 0 Å². The first-order valence-electron chi connectivity index (χ1n) is 5.20. The highest BCUT2D eigenvalue weighted by molar-refractivity contribution is 6.33. The van der Waals surface area contributed by atoms with Crippen molar-refractivity contribution in [1.82, 2.24) is 0 Å². The normalized spacial score (nSPS) is 12.6. The Labute approximate surface area is 89.4 Å². The molecule has 0 heterocycles. The molecule has 78 valence electrons. The summed E-state index contributed by atoms with van der Waals surface area (Å²) in [5.74, 6) is 1.71. The molecule has 0 fully saturated rings. The molecule has 1 aromatic rings. The van der Waals surface area contributed by atoms with Gasteiger partial charge in [0.05, 0.1) is 0 Å². The van der Waals surface area contributed by atoms with E-state index >= 15 is 0 Å². The van der Waals surface area contributed by atoms with Crippen LogP contribution < -0.4 is 4.43 Å². The van der Waals surface area contributed by atoms with Gasteiger partial charge in [0.1, 0.15) is 5.75 Å². The van der Waals surface area contributed by atoms with Crippen LogP contribution in [0.3, 0.4) is 0 Å². The Bertz CT molecular complexity index is 267. The first-order valence-corrected chi connectivity index (χ1v) is 6.48. The molecule has 0 spiro atoms. The van der Waals surface area contributed by atoms with Gasteiger partial charge in [-0.3, -0.25) is 0 Å². The van der Waals surface area contributed by atoms with Crippen molar-refractivity contribution in [2.45, 2.75) is 32.7 Å². The van der Waals surface area contributed by atoms with Crippen LogP contribution in [0.15, 0.2) is 30.3 Å². The van der Waals surface area contributed by atoms with E-state index in [9.17, 15) is 0 Å². The van der Waals surface area contributed by atoms with E-state index in [1.807, 2.05) is 30.3 Å². The number of para-hydroxylation sites is 1. The summed E-state index contributed by atoms with van der Waals surface area (Å²) >= 11 is 0. The fourth-order valence-corrected chi connectivity index (χ4v) is 2.02. The first kappa shape index (κ1) is 11.3. The molecule has 1 aromatic carbocycles. The van der Waals surface area contributed by atoms with Gasteiger partial charge in [0, 0.05) is 0 Å². The zero-order valence-electron chi connectivity index (χ0n) is 9.58. The molecule has 0 N–H and O–H groups in total. The standard InChI is InChI=1S/C12H20OSi/c1-10(2)12(3,4)14-13-11-8-6-5-7-9-11/h5-10H,14H2,1-4H3. The van der Waals surface area contributed by atoms with E-state index in [1.54, 1.807) is 0 Å². The Morgan fingerprint density at radius 1 is 1.14 bits per heavy atom. The fourth-order valence-electron chi connectivity index (χ4n) is 0.953. The van der Waals surface area contributed by atoms with E-state index in [0.29, 0.717) is 11.0 Å². The van der Waals surface area contributed by atoms with Crippen molar-refractivity contribution in [3.63, 3.8) is 0 Å². The monoisotopic (exact) mass is 208 g/mol. The zero-order valence-corrected chi connectivity index (χ0v) is 11.0. The molecule has 14 heavy (non-hydrogen) atoms. The maximum Gasteiger partial charge on any atom is 0.225 e. The molecule has 0 amide bonds. The predicted molar refractivity (Wildman–Crippen MR) is 64.5 cm³/mol. The third-order valence-corrected chi connectivity index (χ3v) is 4.96. The maximum absolute atomic E-state index is 5.87. The van der Waals surface area contributed by atoms with Crippen LogP contribution in [0.1, 0.15) is 27.7 Å². The van der Waals surface area contributed by atoms with E-state index < -0.39 is 9.76 Å². The minimum absolute atomic E-state index is 0.371. The van der Waals surface area contributed by atoms with Crippen molar-refractivity contribution in [2.24, 2.45) is 5.92 Å². The van der Waals surface area contributed by atoms with Crippen molar-refractivity contribution >= 4 is 9.76 Å². The number of hydrogen-bond acceptors (Lipinski definition) is 1. The van der Waals surface area contributed by atoms with Crippen molar-refractivity contribution < 1.29 is 4.43 Å². The second-order valence-corrected chi connectivity index (χ2v) is 7.14. The molecule has 0 saturated heterocycles. The SMILES string of the molecule is CC(C)C(C)(C)[SiH2]Oc1ccccc1. The van der Waals surface area contributed by atoms with E-state index in [0.717, 1.165) is 5.75 Å². The quantitative estimate of drug-likeness (QED) is 0.691. The molecule has 0 bridgehead atoms. The molecule has 0 unspecified atom stereocenters. The molecule has 0 atom stereocenters. The van der Waals surface area contributed by atoms with E-state index in [-0.39, 0.29) is 0 Å². The molecular weight excluding hydrogens is 188 g/mol. The molecule has 1 rings (SSSR count). The second kappa shape index (κ2) is 4.65. The molecule has 0 aliphatic rings. The average Bonchev–Trinajstić information content (AvgIpc) is 2.16. The van der Waals surface area contributed by atoms with Gasteiger partial charge in [-0.2, -0.15) is 0 Å². The van der Waals surface area contributed by atoms with Crippen LogP contribution in [0, 0.1) is 5.92 Å². The smallest absolute Gasteiger partial charge is 0.225 e. The molecule has 0 aliphatic carbocycles. The summed E-state index contributed by atoms with van der Waals surface area (Å²) in [5, 5.41) is 0.371. The van der Waals surface area contributed by atoms with Crippen LogP contribution >= 0.6 is 0 Å². The van der Waals surface area contributed by atoms with Crippen LogP contribution in [-0.2, 0) is 0 Å². The second-order valence-electron chi connectivity index (χ2n) is 4.75. The van der Waals surface area contributed by atoms with Crippen LogP contribution in [0.2, 0.25) is 5.04 Å². The van der Waals surface area contributed by atoms with E-state index in [4.69, 9.17) is 4.43 Å². The molecule has 0 radical (unpaired) electrons. The largest absolute Gasteiger partial charge is 0.549 e. The summed E-state index contributed by atoms with van der Waals surface area (Å²) in [5.41, 5.74) is 0. The molecule has 1 nitrogen and oxygen atoms in total. The highest BCUT2D eigenvalue weighted by atomic mass is 28.2. The highest BCUT2D eigenvalue weighted by Gasteiger charge is 2.24. The summed E-state index contributed by atoms with van der Waals surface area (Å²) in [7, 11) is -0.507. The summed E-state index contributed by atoms with van der Waals surface area (Å²) in [4.78, 5) is 0. The molecule has 0 aliphatic heterocycles. The lowest BCUT2D eigenvalue weighted by molar-refractivity contribution is 0.428. The van der Waals surface area contributed by atoms with Crippen molar-refractivity contribution in [1.29, 1.82) is 0 Å². The lowest BCUT2D eigenvalue weighted by Gasteiger charge is -2.28. The fraction of sp³-hybridized carbons (Fsp3) is 0.500. The van der Waals surface area contributed by atoms with Gasteiger partial charge in [0.15, 0.2) is 0 Å². The van der Waals surface area contributed by atoms with E-state index in [1.165, 1.54) is 0 Å². The van der Waals surface area contributed by atoms with Crippen LogP contribution in [0.5, 0.6) is 5.75 Å². The van der Waals surface area contributed by atoms with Gasteiger partial charge in [-0.05, 0) is 23.1 Å². The lowest BCUT2D eigenvalue weighted by atomic mass is 9.99. The van der Waals surface area contributed by atoms with Crippen molar-refractivity contribution in [2.75, 3.05) is 0 Å². The third kappa shape index (κ3) is 3.18. The predicted octanol–water partition coefficient (Wildman–Crippen LogP) is 3.00. The Morgan fingerprint density at radius 3 is 2.21 bits per heavy atom. The molecule has 0 aromatic heterocycles. The molecule has 2 heteroatoms. The summed E-state index contributed by atoms with van der Waals surface area (Å²) < 4.78 is 5.87. The Balaban J connectivity index is 2.49.